The molecule has 5 nitrogen and oxygen atoms in total. The summed E-state index contributed by atoms with van der Waals surface area (Å²) in [5.74, 6) is 0.0460. The van der Waals surface area contributed by atoms with Gasteiger partial charge in [-0.05, 0) is 46.7 Å². The maximum atomic E-state index is 11.6. The molecule has 118 valence electrons. The summed E-state index contributed by atoms with van der Waals surface area (Å²) in [6.07, 6.45) is 1.69. The highest BCUT2D eigenvalue weighted by Gasteiger charge is 2.16. The molecule has 0 unspecified atom stereocenters. The second-order valence-electron chi connectivity index (χ2n) is 5.02. The van der Waals surface area contributed by atoms with E-state index in [2.05, 4.69) is 34.6 Å². The number of carbonyl (C=O) groups is 1. The van der Waals surface area contributed by atoms with Gasteiger partial charge in [-0.15, -0.1) is 0 Å². The number of rotatable bonds is 4. The van der Waals surface area contributed by atoms with Crippen LogP contribution < -0.4 is 5.32 Å². The number of anilines is 1. The molecule has 0 aliphatic heterocycles. The van der Waals surface area contributed by atoms with Crippen LogP contribution in [0.3, 0.4) is 0 Å². The Balaban J connectivity index is 0.00000191. The van der Waals surface area contributed by atoms with Gasteiger partial charge in [0, 0.05) is 0 Å². The summed E-state index contributed by atoms with van der Waals surface area (Å²) in [5.41, 5.74) is 0.699. The number of hydrogen-bond acceptors (Lipinski definition) is 6. The first-order valence-corrected chi connectivity index (χ1v) is 7.54. The van der Waals surface area contributed by atoms with E-state index in [9.17, 15) is 4.79 Å². The van der Waals surface area contributed by atoms with Crippen LogP contribution in [0.25, 0.3) is 0 Å². The Bertz CT molecular complexity index is 502. The second-order valence-corrected chi connectivity index (χ2v) is 5.43. The lowest BCUT2D eigenvalue weighted by molar-refractivity contribution is -0.152. The summed E-state index contributed by atoms with van der Waals surface area (Å²) in [5, 5.41) is 3.40. The Morgan fingerprint density at radius 1 is 1.52 bits per heavy atom. The van der Waals surface area contributed by atoms with Crippen LogP contribution >= 0.6 is 24.2 Å². The molecule has 0 fully saturated rings. The van der Waals surface area contributed by atoms with Crippen molar-refractivity contribution in [3.8, 4) is 0 Å². The summed E-state index contributed by atoms with van der Waals surface area (Å²) in [4.78, 5) is 19.6. The summed E-state index contributed by atoms with van der Waals surface area (Å²) in [7, 11) is 0. The number of hydrogen-bond donors (Lipinski definition) is 2. The number of ether oxygens (including phenoxy) is 1. The van der Waals surface area contributed by atoms with Crippen molar-refractivity contribution in [2.24, 2.45) is 4.99 Å². The number of esters is 1. The predicted octanol–water partition coefficient (Wildman–Crippen LogP) is 3.68. The van der Waals surface area contributed by atoms with Gasteiger partial charge in [-0.1, -0.05) is 11.6 Å². The quantitative estimate of drug-likeness (QED) is 0.502. The minimum Gasteiger partial charge on any atom is -0.459 e. The van der Waals surface area contributed by atoms with Crippen LogP contribution in [0.1, 0.15) is 26.5 Å². The monoisotopic (exact) mass is 331 g/mol. The van der Waals surface area contributed by atoms with Gasteiger partial charge >= 0.3 is 5.97 Å². The Morgan fingerprint density at radius 2 is 2.10 bits per heavy atom. The largest absolute Gasteiger partial charge is 0.459 e. The van der Waals surface area contributed by atoms with E-state index in [4.69, 9.17) is 16.3 Å². The zero-order valence-corrected chi connectivity index (χ0v) is 14.7. The highest BCUT2D eigenvalue weighted by atomic mass is 35.5. The average Bonchev–Trinajstić information content (AvgIpc) is 2.40. The van der Waals surface area contributed by atoms with Crippen molar-refractivity contribution in [3.63, 3.8) is 0 Å². The third-order valence-electron chi connectivity index (χ3n) is 2.12. The smallest absolute Gasteiger partial charge is 0.325 e. The van der Waals surface area contributed by atoms with Gasteiger partial charge in [0.2, 0.25) is 0 Å². The van der Waals surface area contributed by atoms with E-state index >= 15 is 0 Å². The molecule has 0 saturated carbocycles. The fourth-order valence-electron chi connectivity index (χ4n) is 1.36. The minimum atomic E-state index is -0.512. The van der Waals surface area contributed by atoms with Gasteiger partial charge in [0.05, 0.1) is 16.4 Å². The topological polar surface area (TPSA) is 63.6 Å². The number of aryl methyl sites for hydroxylation is 1. The summed E-state index contributed by atoms with van der Waals surface area (Å²) in [6, 6.07) is 1.66. The second kappa shape index (κ2) is 8.89. The molecule has 0 bridgehead atoms. The van der Waals surface area contributed by atoms with Crippen molar-refractivity contribution in [2.75, 3.05) is 18.1 Å². The fourth-order valence-corrected chi connectivity index (χ4v) is 1.52. The number of nitrogens with zero attached hydrogens (tertiary/aromatic N) is 2. The van der Waals surface area contributed by atoms with E-state index in [-0.39, 0.29) is 12.5 Å². The number of thiol groups is 1. The molecule has 1 heterocycles. The van der Waals surface area contributed by atoms with Crippen LogP contribution in [0.4, 0.5) is 11.5 Å². The van der Waals surface area contributed by atoms with Crippen LogP contribution in [-0.2, 0) is 9.53 Å². The predicted molar refractivity (Wildman–Crippen MR) is 92.4 cm³/mol. The van der Waals surface area contributed by atoms with Crippen LogP contribution in [0.5, 0.6) is 0 Å². The van der Waals surface area contributed by atoms with Crippen LogP contribution in [0.15, 0.2) is 11.1 Å². The highest BCUT2D eigenvalue weighted by molar-refractivity contribution is 7.79. The van der Waals surface area contributed by atoms with E-state index in [0.29, 0.717) is 22.2 Å². The first-order chi connectivity index (χ1) is 9.73. The number of nitrogens with one attached hydrogen (secondary N) is 1. The van der Waals surface area contributed by atoms with E-state index in [0.717, 1.165) is 0 Å². The standard InChI is InChI=1S/C13H18ClN3O2.CH4S/c1-8-9(14)6-10(12(15-5)17-8)16-7-11(18)19-13(2,3)4;1-2/h6,16H,5,7H2,1-4H3;2H,1H3. The molecule has 1 N–H and O–H groups in total. The Labute approximate surface area is 136 Å². The van der Waals surface area contributed by atoms with Gasteiger partial charge in [-0.3, -0.25) is 4.79 Å². The Morgan fingerprint density at radius 3 is 2.57 bits per heavy atom. The van der Waals surface area contributed by atoms with Gasteiger partial charge in [-0.25, -0.2) is 9.98 Å². The molecule has 1 aromatic heterocycles. The summed E-state index contributed by atoms with van der Waals surface area (Å²) >= 11 is 9.51. The van der Waals surface area contributed by atoms with E-state index in [1.807, 2.05) is 20.8 Å². The molecule has 0 aromatic carbocycles. The van der Waals surface area contributed by atoms with Crippen LogP contribution in [0.2, 0.25) is 5.02 Å². The molecule has 1 rings (SSSR count). The molecular weight excluding hydrogens is 310 g/mol. The number of aromatic nitrogens is 1. The molecule has 0 spiro atoms. The summed E-state index contributed by atoms with van der Waals surface area (Å²) < 4.78 is 5.19. The lowest BCUT2D eigenvalue weighted by Crippen LogP contribution is -2.28. The zero-order chi connectivity index (χ0) is 16.6. The Kier molecular flexibility index (Phi) is 8.36. The van der Waals surface area contributed by atoms with Gasteiger partial charge in [0.1, 0.15) is 12.1 Å². The minimum absolute atomic E-state index is 0.0147. The van der Waals surface area contributed by atoms with Gasteiger partial charge < -0.3 is 10.1 Å². The van der Waals surface area contributed by atoms with Crippen molar-refractivity contribution >= 4 is 48.4 Å². The molecule has 0 atom stereocenters. The van der Waals surface area contributed by atoms with Crippen LogP contribution in [-0.4, -0.2) is 36.1 Å². The van der Waals surface area contributed by atoms with Crippen molar-refractivity contribution in [1.82, 2.24) is 4.98 Å². The van der Waals surface area contributed by atoms with Crippen LogP contribution in [0, 0.1) is 6.92 Å². The SMILES string of the molecule is C=Nc1nc(C)c(Cl)cc1NCC(=O)OC(C)(C)C.CS. The maximum Gasteiger partial charge on any atom is 0.325 e. The average molecular weight is 332 g/mol. The lowest BCUT2D eigenvalue weighted by atomic mass is 10.2. The molecule has 21 heavy (non-hydrogen) atoms. The van der Waals surface area contributed by atoms with Crippen molar-refractivity contribution < 1.29 is 9.53 Å². The fraction of sp³-hybridized carbons (Fsp3) is 0.500. The third-order valence-corrected chi connectivity index (χ3v) is 2.51. The van der Waals surface area contributed by atoms with Crippen molar-refractivity contribution in [3.05, 3.63) is 16.8 Å². The number of halogens is 1. The molecular formula is C14H22ClN3O2S. The maximum absolute atomic E-state index is 11.6. The summed E-state index contributed by atoms with van der Waals surface area (Å²) in [6.45, 7) is 10.7. The molecule has 7 heteroatoms. The number of aliphatic imine (C=N–C) groups is 1. The van der Waals surface area contributed by atoms with E-state index in [1.54, 1.807) is 19.2 Å². The molecule has 1 aromatic rings. The van der Waals surface area contributed by atoms with Crippen molar-refractivity contribution in [1.29, 1.82) is 0 Å². The number of pyridine rings is 1. The molecule has 0 aliphatic carbocycles. The first-order valence-electron chi connectivity index (χ1n) is 6.27. The first kappa shape index (κ1) is 19.7. The van der Waals surface area contributed by atoms with Crippen molar-refractivity contribution in [2.45, 2.75) is 33.3 Å². The lowest BCUT2D eigenvalue weighted by Gasteiger charge is -2.20. The zero-order valence-electron chi connectivity index (χ0n) is 13.0. The molecule has 0 radical (unpaired) electrons. The van der Waals surface area contributed by atoms with Gasteiger partial charge in [0.15, 0.2) is 5.82 Å². The molecule has 0 aliphatic rings. The normalized spacial score (nSPS) is 10.2. The van der Waals surface area contributed by atoms with E-state index < -0.39 is 5.60 Å². The van der Waals surface area contributed by atoms with Gasteiger partial charge in [-0.2, -0.15) is 12.6 Å². The van der Waals surface area contributed by atoms with E-state index in [1.165, 1.54) is 0 Å². The third kappa shape index (κ3) is 7.34. The molecule has 0 saturated heterocycles. The highest BCUT2D eigenvalue weighted by Crippen LogP contribution is 2.27. The Hall–Kier alpha value is -1.27. The molecule has 0 amide bonds. The number of carbonyl (C=O) groups excluding carboxylic acids is 1. The van der Waals surface area contributed by atoms with Gasteiger partial charge in [0.25, 0.3) is 0 Å².